The molecule has 37 heavy (non-hydrogen) atoms. The number of hydrogen-bond donors (Lipinski definition) is 0. The van der Waals surface area contributed by atoms with E-state index in [1.807, 2.05) is 59.3 Å². The molecule has 0 bridgehead atoms. The Labute approximate surface area is 234 Å². The van der Waals surface area contributed by atoms with Gasteiger partial charge in [-0.1, -0.05) is 77.6 Å². The smallest absolute Gasteiger partial charge is 0.268 e. The van der Waals surface area contributed by atoms with Crippen molar-refractivity contribution in [3.05, 3.63) is 104 Å². The molecule has 0 N–H and O–H groups in total. The third kappa shape index (κ3) is 4.34. The first kappa shape index (κ1) is 24.5. The molecular weight excluding hydrogens is 550 g/mol. The Morgan fingerprint density at radius 3 is 2.11 bits per heavy atom. The molecule has 6 rings (SSSR count). The second-order valence-corrected chi connectivity index (χ2v) is 10.8. The second kappa shape index (κ2) is 9.48. The van der Waals surface area contributed by atoms with Crippen molar-refractivity contribution in [2.45, 2.75) is 31.6 Å². The van der Waals surface area contributed by atoms with Crippen LogP contribution in [0.15, 0.2) is 71.1 Å². The van der Waals surface area contributed by atoms with Crippen molar-refractivity contribution in [3.63, 3.8) is 0 Å². The van der Waals surface area contributed by atoms with Crippen LogP contribution in [-0.4, -0.2) is 20.0 Å². The van der Waals surface area contributed by atoms with Crippen LogP contribution in [0.1, 0.15) is 36.8 Å². The lowest BCUT2D eigenvalue weighted by molar-refractivity contribution is 0.470. The SMILES string of the molecule is CCc1c(-c2nnc(C3(c4ccc(Cl)cc4)CC3)o2)nn(-c2ccc(Cl)cc2Cl)c1-c1ccc(Cl)cc1. The Bertz CT molecular complexity index is 1600. The van der Waals surface area contributed by atoms with Crippen molar-refractivity contribution < 1.29 is 4.42 Å². The Balaban J connectivity index is 1.51. The van der Waals surface area contributed by atoms with Gasteiger partial charge in [0.2, 0.25) is 5.89 Å². The van der Waals surface area contributed by atoms with Crippen molar-refractivity contribution in [2.75, 3.05) is 0 Å². The first-order chi connectivity index (χ1) is 17.9. The van der Waals surface area contributed by atoms with Crippen LogP contribution in [0, 0.1) is 0 Å². The van der Waals surface area contributed by atoms with Gasteiger partial charge < -0.3 is 4.42 Å². The van der Waals surface area contributed by atoms with Gasteiger partial charge in [-0.05, 0) is 67.3 Å². The van der Waals surface area contributed by atoms with Crippen LogP contribution >= 0.6 is 46.4 Å². The highest BCUT2D eigenvalue weighted by molar-refractivity contribution is 6.35. The van der Waals surface area contributed by atoms with Gasteiger partial charge in [-0.25, -0.2) is 4.68 Å². The number of rotatable bonds is 6. The first-order valence-electron chi connectivity index (χ1n) is 11.8. The number of nitrogens with zero attached hydrogens (tertiary/aromatic N) is 4. The summed E-state index contributed by atoms with van der Waals surface area (Å²) < 4.78 is 8.14. The molecule has 0 unspecified atom stereocenters. The Hall–Kier alpha value is -2.83. The number of benzene rings is 3. The predicted octanol–water partition coefficient (Wildman–Crippen LogP) is 8.85. The van der Waals surface area contributed by atoms with E-state index in [0.29, 0.717) is 49.7 Å². The van der Waals surface area contributed by atoms with Gasteiger partial charge in [0.1, 0.15) is 0 Å². The van der Waals surface area contributed by atoms with E-state index >= 15 is 0 Å². The summed E-state index contributed by atoms with van der Waals surface area (Å²) in [4.78, 5) is 0. The lowest BCUT2D eigenvalue weighted by atomic mass is 9.96. The molecule has 1 aliphatic rings. The van der Waals surface area contributed by atoms with E-state index in [-0.39, 0.29) is 5.41 Å². The Morgan fingerprint density at radius 1 is 0.838 bits per heavy atom. The molecular formula is C28H20Cl4N4O. The normalized spacial score (nSPS) is 14.2. The highest BCUT2D eigenvalue weighted by atomic mass is 35.5. The average molecular weight is 570 g/mol. The van der Waals surface area contributed by atoms with E-state index in [9.17, 15) is 0 Å². The van der Waals surface area contributed by atoms with Crippen molar-refractivity contribution >= 4 is 46.4 Å². The topological polar surface area (TPSA) is 56.7 Å². The molecule has 1 aliphatic carbocycles. The van der Waals surface area contributed by atoms with Gasteiger partial charge in [0.15, 0.2) is 5.69 Å². The van der Waals surface area contributed by atoms with Crippen LogP contribution in [-0.2, 0) is 11.8 Å². The fourth-order valence-corrected chi connectivity index (χ4v) is 5.46. The molecule has 3 aromatic carbocycles. The summed E-state index contributed by atoms with van der Waals surface area (Å²) >= 11 is 25.1. The van der Waals surface area contributed by atoms with E-state index in [0.717, 1.165) is 35.2 Å². The number of hydrogen-bond acceptors (Lipinski definition) is 4. The molecule has 0 radical (unpaired) electrons. The van der Waals surface area contributed by atoms with Gasteiger partial charge in [0.25, 0.3) is 5.89 Å². The molecule has 5 nitrogen and oxygen atoms in total. The maximum absolute atomic E-state index is 6.62. The van der Waals surface area contributed by atoms with Crippen molar-refractivity contribution in [1.29, 1.82) is 0 Å². The van der Waals surface area contributed by atoms with E-state index in [1.165, 1.54) is 0 Å². The summed E-state index contributed by atoms with van der Waals surface area (Å²) in [7, 11) is 0. The van der Waals surface area contributed by atoms with Crippen LogP contribution in [0.4, 0.5) is 0 Å². The fourth-order valence-electron chi connectivity index (χ4n) is 4.72. The van der Waals surface area contributed by atoms with E-state index in [1.54, 1.807) is 12.1 Å². The van der Waals surface area contributed by atoms with Gasteiger partial charge in [-0.3, -0.25) is 0 Å². The lowest BCUT2D eigenvalue weighted by Gasteiger charge is -2.11. The maximum Gasteiger partial charge on any atom is 0.268 e. The first-order valence-corrected chi connectivity index (χ1v) is 13.3. The predicted molar refractivity (Wildman–Crippen MR) is 148 cm³/mol. The Kier molecular flexibility index (Phi) is 6.28. The minimum absolute atomic E-state index is 0.288. The van der Waals surface area contributed by atoms with Crippen LogP contribution in [0.25, 0.3) is 28.5 Å². The lowest BCUT2D eigenvalue weighted by Crippen LogP contribution is -2.08. The Morgan fingerprint density at radius 2 is 1.49 bits per heavy atom. The zero-order valence-electron chi connectivity index (χ0n) is 19.7. The summed E-state index contributed by atoms with van der Waals surface area (Å²) in [6, 6.07) is 20.8. The molecule has 0 amide bonds. The summed E-state index contributed by atoms with van der Waals surface area (Å²) in [5.41, 5.74) is 4.90. The van der Waals surface area contributed by atoms with Gasteiger partial charge in [0.05, 0.1) is 21.8 Å². The van der Waals surface area contributed by atoms with Crippen LogP contribution < -0.4 is 0 Å². The van der Waals surface area contributed by atoms with Gasteiger partial charge in [0, 0.05) is 26.2 Å². The molecule has 0 aliphatic heterocycles. The van der Waals surface area contributed by atoms with Crippen LogP contribution in [0.5, 0.6) is 0 Å². The highest BCUT2D eigenvalue weighted by Crippen LogP contribution is 2.53. The molecule has 2 heterocycles. The third-order valence-corrected chi connectivity index (χ3v) is 7.82. The summed E-state index contributed by atoms with van der Waals surface area (Å²) in [6.07, 6.45) is 2.54. The van der Waals surface area contributed by atoms with E-state index in [4.69, 9.17) is 55.9 Å². The van der Waals surface area contributed by atoms with Crippen LogP contribution in [0.3, 0.4) is 0 Å². The number of halogens is 4. The molecule has 9 heteroatoms. The third-order valence-electron chi connectivity index (χ3n) is 6.78. The van der Waals surface area contributed by atoms with Crippen molar-refractivity contribution in [3.8, 4) is 28.5 Å². The quantitative estimate of drug-likeness (QED) is 0.205. The molecule has 1 fully saturated rings. The summed E-state index contributed by atoms with van der Waals surface area (Å²) in [6.45, 7) is 2.07. The second-order valence-electron chi connectivity index (χ2n) is 9.05. The van der Waals surface area contributed by atoms with Crippen molar-refractivity contribution in [2.24, 2.45) is 0 Å². The molecule has 1 saturated carbocycles. The molecule has 0 atom stereocenters. The van der Waals surface area contributed by atoms with E-state index in [2.05, 4.69) is 17.1 Å². The van der Waals surface area contributed by atoms with Crippen molar-refractivity contribution in [1.82, 2.24) is 20.0 Å². The maximum atomic E-state index is 6.62. The van der Waals surface area contributed by atoms with E-state index < -0.39 is 0 Å². The fraction of sp³-hybridized carbons (Fsp3) is 0.179. The van der Waals surface area contributed by atoms with Gasteiger partial charge in [-0.2, -0.15) is 5.10 Å². The monoisotopic (exact) mass is 568 g/mol. The largest absolute Gasteiger partial charge is 0.418 e. The molecule has 186 valence electrons. The molecule has 0 spiro atoms. The van der Waals surface area contributed by atoms with Gasteiger partial charge in [-0.15, -0.1) is 10.2 Å². The minimum Gasteiger partial charge on any atom is -0.418 e. The highest BCUT2D eigenvalue weighted by Gasteiger charge is 2.51. The molecule has 2 aromatic heterocycles. The molecule has 5 aromatic rings. The van der Waals surface area contributed by atoms with Crippen LogP contribution in [0.2, 0.25) is 20.1 Å². The zero-order chi connectivity index (χ0) is 25.7. The standard InChI is InChI=1S/C28H20Cl4N4O/c1-2-21-24(26-33-34-27(37-26)28(13-14-28)17-5-9-19(30)10-6-17)35-36(23-12-11-20(31)15-22(23)32)25(21)16-3-7-18(29)8-4-16/h3-12,15H,2,13-14H2,1H3. The summed E-state index contributed by atoms with van der Waals surface area (Å²) in [5.74, 6) is 0.949. The average Bonchev–Trinajstić information content (AvgIpc) is 3.38. The number of aromatic nitrogens is 4. The molecule has 0 saturated heterocycles. The summed E-state index contributed by atoms with van der Waals surface area (Å²) in [5, 5.41) is 16.2. The zero-order valence-corrected chi connectivity index (χ0v) is 22.7. The minimum atomic E-state index is -0.288. The van der Waals surface area contributed by atoms with Gasteiger partial charge >= 0.3 is 0 Å².